The first-order valence-electron chi connectivity index (χ1n) is 9.54. The largest absolute Gasteiger partial charge is 0.493 e. The highest BCUT2D eigenvalue weighted by atomic mass is 16.5. The number of hydrogen-bond donors (Lipinski definition) is 1. The second kappa shape index (κ2) is 10.1. The fourth-order valence-corrected chi connectivity index (χ4v) is 2.90. The van der Waals surface area contributed by atoms with Gasteiger partial charge in [-0.15, -0.1) is 0 Å². The summed E-state index contributed by atoms with van der Waals surface area (Å²) in [5, 5.41) is 2.96. The molecule has 0 fully saturated rings. The molecule has 0 aromatic heterocycles. The normalized spacial score (nSPS) is 11.8. The van der Waals surface area contributed by atoms with Crippen LogP contribution in [0.3, 0.4) is 0 Å². The summed E-state index contributed by atoms with van der Waals surface area (Å²) >= 11 is 0. The topological polar surface area (TPSA) is 47.6 Å². The molecular weight excluding hydrogens is 362 g/mol. The Kier molecular flexibility index (Phi) is 7.06. The molecule has 1 amide bonds. The van der Waals surface area contributed by atoms with E-state index in [9.17, 15) is 4.79 Å². The van der Waals surface area contributed by atoms with Crippen LogP contribution < -0.4 is 14.8 Å². The van der Waals surface area contributed by atoms with Gasteiger partial charge < -0.3 is 14.8 Å². The molecular formula is C25H25NO3. The van der Waals surface area contributed by atoms with Crippen molar-refractivity contribution in [2.45, 2.75) is 19.6 Å². The standard InChI is InChI=1S/C25H25NO3/c1-19(22-11-7-4-8-12-22)26-25(27)16-14-20-13-15-23(24(17-20)28-2)29-18-21-9-5-3-6-10-21/h3-17,19H,18H2,1-2H3,(H,26,27)/b16-14+/t19-/m0/s1. The molecule has 0 bridgehead atoms. The van der Waals surface area contributed by atoms with Gasteiger partial charge in [-0.25, -0.2) is 0 Å². The second-order valence-corrected chi connectivity index (χ2v) is 6.66. The third-order valence-electron chi connectivity index (χ3n) is 4.51. The van der Waals surface area contributed by atoms with Crippen LogP contribution in [0.25, 0.3) is 6.08 Å². The van der Waals surface area contributed by atoms with Crippen molar-refractivity contribution in [2.75, 3.05) is 7.11 Å². The number of benzene rings is 3. The lowest BCUT2D eigenvalue weighted by atomic mass is 10.1. The van der Waals surface area contributed by atoms with Crippen LogP contribution in [-0.4, -0.2) is 13.0 Å². The summed E-state index contributed by atoms with van der Waals surface area (Å²) in [6, 6.07) is 25.4. The minimum Gasteiger partial charge on any atom is -0.493 e. The predicted molar refractivity (Wildman–Crippen MR) is 116 cm³/mol. The molecule has 0 heterocycles. The molecule has 0 aliphatic carbocycles. The molecule has 1 N–H and O–H groups in total. The Labute approximate surface area is 171 Å². The Morgan fingerprint density at radius 1 is 0.966 bits per heavy atom. The van der Waals surface area contributed by atoms with E-state index in [4.69, 9.17) is 9.47 Å². The molecule has 4 nitrogen and oxygen atoms in total. The maximum atomic E-state index is 12.2. The quantitative estimate of drug-likeness (QED) is 0.543. The molecule has 0 radical (unpaired) electrons. The molecule has 0 aliphatic rings. The summed E-state index contributed by atoms with van der Waals surface area (Å²) in [6.07, 6.45) is 3.29. The van der Waals surface area contributed by atoms with E-state index >= 15 is 0 Å². The van der Waals surface area contributed by atoms with Gasteiger partial charge in [-0.05, 0) is 41.8 Å². The molecule has 0 aliphatic heterocycles. The lowest BCUT2D eigenvalue weighted by molar-refractivity contribution is -0.117. The SMILES string of the molecule is COc1cc(/C=C/C(=O)N[C@@H](C)c2ccccc2)ccc1OCc1ccccc1. The monoisotopic (exact) mass is 387 g/mol. The average Bonchev–Trinajstić information content (AvgIpc) is 2.77. The van der Waals surface area contributed by atoms with Crippen molar-refractivity contribution in [2.24, 2.45) is 0 Å². The van der Waals surface area contributed by atoms with Crippen molar-refractivity contribution in [1.29, 1.82) is 0 Å². The molecule has 0 unspecified atom stereocenters. The van der Waals surface area contributed by atoms with Crippen molar-refractivity contribution < 1.29 is 14.3 Å². The maximum Gasteiger partial charge on any atom is 0.244 e. The van der Waals surface area contributed by atoms with Crippen LogP contribution in [0.2, 0.25) is 0 Å². The maximum absolute atomic E-state index is 12.2. The van der Waals surface area contributed by atoms with Gasteiger partial charge >= 0.3 is 0 Å². The third kappa shape index (κ3) is 5.98. The van der Waals surface area contributed by atoms with Crippen LogP contribution in [0.5, 0.6) is 11.5 Å². The van der Waals surface area contributed by atoms with E-state index < -0.39 is 0 Å². The van der Waals surface area contributed by atoms with Crippen LogP contribution in [0.4, 0.5) is 0 Å². The highest BCUT2D eigenvalue weighted by molar-refractivity contribution is 5.92. The second-order valence-electron chi connectivity index (χ2n) is 6.66. The number of hydrogen-bond acceptors (Lipinski definition) is 3. The van der Waals surface area contributed by atoms with Gasteiger partial charge in [0.05, 0.1) is 13.2 Å². The highest BCUT2D eigenvalue weighted by Gasteiger charge is 2.08. The van der Waals surface area contributed by atoms with Crippen molar-refractivity contribution in [3.05, 3.63) is 102 Å². The van der Waals surface area contributed by atoms with Gasteiger partial charge in [0.1, 0.15) is 6.61 Å². The van der Waals surface area contributed by atoms with Gasteiger partial charge in [-0.2, -0.15) is 0 Å². The molecule has 3 aromatic rings. The summed E-state index contributed by atoms with van der Waals surface area (Å²) in [6.45, 7) is 2.43. The Balaban J connectivity index is 1.61. The summed E-state index contributed by atoms with van der Waals surface area (Å²) in [5.74, 6) is 1.14. The average molecular weight is 387 g/mol. The number of ether oxygens (including phenoxy) is 2. The van der Waals surface area contributed by atoms with Gasteiger partial charge in [-0.3, -0.25) is 4.79 Å². The lowest BCUT2D eigenvalue weighted by Crippen LogP contribution is -2.24. The van der Waals surface area contributed by atoms with Gasteiger partial charge in [0.2, 0.25) is 5.91 Å². The first-order chi connectivity index (χ1) is 14.2. The number of nitrogens with one attached hydrogen (secondary N) is 1. The number of carbonyl (C=O) groups excluding carboxylic acids is 1. The van der Waals surface area contributed by atoms with Crippen molar-refractivity contribution in [3.8, 4) is 11.5 Å². The molecule has 4 heteroatoms. The fourth-order valence-electron chi connectivity index (χ4n) is 2.90. The van der Waals surface area contributed by atoms with E-state index in [0.717, 1.165) is 16.7 Å². The Morgan fingerprint density at radius 2 is 1.66 bits per heavy atom. The van der Waals surface area contributed by atoms with Crippen molar-refractivity contribution in [1.82, 2.24) is 5.32 Å². The smallest absolute Gasteiger partial charge is 0.244 e. The molecule has 0 saturated carbocycles. The van der Waals surface area contributed by atoms with Crippen molar-refractivity contribution >= 4 is 12.0 Å². The van der Waals surface area contributed by atoms with Crippen LogP contribution in [0.1, 0.15) is 29.7 Å². The van der Waals surface area contributed by atoms with E-state index in [1.165, 1.54) is 6.08 Å². The molecule has 0 spiro atoms. The minimum absolute atomic E-state index is 0.0587. The Bertz CT molecular complexity index is 952. The molecule has 0 saturated heterocycles. The van der Waals surface area contributed by atoms with E-state index in [2.05, 4.69) is 5.32 Å². The summed E-state index contributed by atoms with van der Waals surface area (Å²) in [5.41, 5.74) is 3.01. The van der Waals surface area contributed by atoms with E-state index in [0.29, 0.717) is 18.1 Å². The summed E-state index contributed by atoms with van der Waals surface area (Å²) in [7, 11) is 1.60. The first kappa shape index (κ1) is 20.2. The van der Waals surface area contributed by atoms with Crippen LogP contribution in [0.15, 0.2) is 84.9 Å². The Morgan fingerprint density at radius 3 is 2.34 bits per heavy atom. The zero-order valence-electron chi connectivity index (χ0n) is 16.7. The van der Waals surface area contributed by atoms with E-state index in [-0.39, 0.29) is 11.9 Å². The van der Waals surface area contributed by atoms with Gasteiger partial charge in [-0.1, -0.05) is 66.7 Å². The number of methoxy groups -OCH3 is 1. The first-order valence-corrected chi connectivity index (χ1v) is 9.54. The van der Waals surface area contributed by atoms with E-state index in [1.807, 2.05) is 85.8 Å². The predicted octanol–water partition coefficient (Wildman–Crippen LogP) is 5.16. The van der Waals surface area contributed by atoms with Crippen molar-refractivity contribution in [3.63, 3.8) is 0 Å². The minimum atomic E-state index is -0.148. The lowest BCUT2D eigenvalue weighted by Gasteiger charge is -2.13. The van der Waals surface area contributed by atoms with Gasteiger partial charge in [0.15, 0.2) is 11.5 Å². The highest BCUT2D eigenvalue weighted by Crippen LogP contribution is 2.29. The number of carbonyl (C=O) groups is 1. The summed E-state index contributed by atoms with van der Waals surface area (Å²) < 4.78 is 11.3. The number of amides is 1. The molecule has 3 rings (SSSR count). The fraction of sp³-hybridized carbons (Fsp3) is 0.160. The molecule has 1 atom stereocenters. The van der Waals surface area contributed by atoms with Gasteiger partial charge in [0.25, 0.3) is 0 Å². The van der Waals surface area contributed by atoms with Crippen LogP contribution in [-0.2, 0) is 11.4 Å². The molecule has 148 valence electrons. The zero-order valence-corrected chi connectivity index (χ0v) is 16.7. The third-order valence-corrected chi connectivity index (χ3v) is 4.51. The summed E-state index contributed by atoms with van der Waals surface area (Å²) in [4.78, 5) is 12.2. The van der Waals surface area contributed by atoms with Crippen LogP contribution >= 0.6 is 0 Å². The molecule has 3 aromatic carbocycles. The zero-order chi connectivity index (χ0) is 20.5. The van der Waals surface area contributed by atoms with Crippen LogP contribution in [0, 0.1) is 0 Å². The van der Waals surface area contributed by atoms with E-state index in [1.54, 1.807) is 13.2 Å². The Hall–Kier alpha value is -3.53. The number of rotatable bonds is 8. The molecule has 29 heavy (non-hydrogen) atoms. The van der Waals surface area contributed by atoms with Gasteiger partial charge in [0, 0.05) is 6.08 Å².